The molecule has 0 aliphatic carbocycles. The number of nitrogens with zero attached hydrogens (tertiary/aromatic N) is 3. The molecule has 3 nitrogen and oxygen atoms in total. The molecule has 1 aromatic rings. The third-order valence-electron chi connectivity index (χ3n) is 1.91. The summed E-state index contributed by atoms with van der Waals surface area (Å²) in [5.74, 6) is 2.61. The van der Waals surface area contributed by atoms with Crippen LogP contribution in [0.1, 0.15) is 43.7 Å². The van der Waals surface area contributed by atoms with Crippen molar-refractivity contribution in [1.29, 1.82) is 0 Å². The van der Waals surface area contributed by atoms with Crippen molar-refractivity contribution >= 4 is 0 Å². The Morgan fingerprint density at radius 3 is 2.08 bits per heavy atom. The molecule has 1 aromatic heterocycles. The first kappa shape index (κ1) is 10.1. The molecule has 72 valence electrons. The van der Waals surface area contributed by atoms with E-state index in [1.165, 1.54) is 19.3 Å². The lowest BCUT2D eigenvalue weighted by Crippen LogP contribution is -2.02. The van der Waals surface area contributed by atoms with Gasteiger partial charge in [0.15, 0.2) is 0 Å². The molecule has 0 bridgehead atoms. The standard InChI is InChI=1S/C10H17N3/c1-4-5-6-7-10-12-8(2)11-9(3)13-10/h4-7H2,1-3H3. The number of unbranched alkanes of at least 4 members (excludes halogenated alkanes) is 2. The van der Waals surface area contributed by atoms with Gasteiger partial charge in [0.1, 0.15) is 17.5 Å². The lowest BCUT2D eigenvalue weighted by atomic mass is 10.2. The molecule has 13 heavy (non-hydrogen) atoms. The Morgan fingerprint density at radius 2 is 1.54 bits per heavy atom. The van der Waals surface area contributed by atoms with E-state index in [2.05, 4.69) is 21.9 Å². The summed E-state index contributed by atoms with van der Waals surface area (Å²) >= 11 is 0. The molecule has 1 heterocycles. The van der Waals surface area contributed by atoms with Crippen LogP contribution in [0.25, 0.3) is 0 Å². The Hall–Kier alpha value is -0.990. The molecule has 0 fully saturated rings. The zero-order chi connectivity index (χ0) is 9.68. The molecule has 0 saturated carbocycles. The highest BCUT2D eigenvalue weighted by atomic mass is 15.0. The fraction of sp³-hybridized carbons (Fsp3) is 0.700. The smallest absolute Gasteiger partial charge is 0.132 e. The maximum absolute atomic E-state index is 4.28. The van der Waals surface area contributed by atoms with Crippen molar-refractivity contribution in [1.82, 2.24) is 15.0 Å². The minimum Gasteiger partial charge on any atom is -0.219 e. The largest absolute Gasteiger partial charge is 0.219 e. The quantitative estimate of drug-likeness (QED) is 0.665. The number of aryl methyl sites for hydroxylation is 3. The number of hydrogen-bond acceptors (Lipinski definition) is 3. The van der Waals surface area contributed by atoms with Crippen molar-refractivity contribution in [2.24, 2.45) is 0 Å². The van der Waals surface area contributed by atoms with Gasteiger partial charge in [-0.3, -0.25) is 0 Å². The van der Waals surface area contributed by atoms with Crippen LogP contribution < -0.4 is 0 Å². The van der Waals surface area contributed by atoms with Crippen molar-refractivity contribution in [2.75, 3.05) is 0 Å². The van der Waals surface area contributed by atoms with Crippen LogP contribution in [0.5, 0.6) is 0 Å². The molecule has 0 aliphatic heterocycles. The van der Waals surface area contributed by atoms with Crippen LogP contribution in [-0.4, -0.2) is 15.0 Å². The van der Waals surface area contributed by atoms with E-state index in [-0.39, 0.29) is 0 Å². The molecule has 0 saturated heterocycles. The van der Waals surface area contributed by atoms with Crippen molar-refractivity contribution in [3.63, 3.8) is 0 Å². The minimum atomic E-state index is 0.832. The number of rotatable bonds is 4. The molecule has 1 rings (SSSR count). The average molecular weight is 179 g/mol. The van der Waals surface area contributed by atoms with E-state index in [9.17, 15) is 0 Å². The molecule has 0 radical (unpaired) electrons. The first-order valence-electron chi connectivity index (χ1n) is 4.90. The van der Waals surface area contributed by atoms with Crippen LogP contribution in [0, 0.1) is 13.8 Å². The molecule has 0 amide bonds. The summed E-state index contributed by atoms with van der Waals surface area (Å²) in [7, 11) is 0. The lowest BCUT2D eigenvalue weighted by molar-refractivity contribution is 0.681. The summed E-state index contributed by atoms with van der Waals surface area (Å²) in [6, 6.07) is 0. The summed E-state index contributed by atoms with van der Waals surface area (Å²) in [6.45, 7) is 6.03. The monoisotopic (exact) mass is 179 g/mol. The molecule has 0 aliphatic rings. The zero-order valence-electron chi connectivity index (χ0n) is 8.67. The minimum absolute atomic E-state index is 0.832. The Bertz CT molecular complexity index is 251. The van der Waals surface area contributed by atoms with E-state index >= 15 is 0 Å². The van der Waals surface area contributed by atoms with Gasteiger partial charge >= 0.3 is 0 Å². The van der Waals surface area contributed by atoms with Crippen LogP contribution >= 0.6 is 0 Å². The van der Waals surface area contributed by atoms with Gasteiger partial charge in [-0.2, -0.15) is 0 Å². The van der Waals surface area contributed by atoms with Gasteiger partial charge in [0, 0.05) is 6.42 Å². The van der Waals surface area contributed by atoms with E-state index < -0.39 is 0 Å². The second-order valence-electron chi connectivity index (χ2n) is 3.30. The number of aromatic nitrogens is 3. The predicted molar refractivity (Wildman–Crippen MR) is 52.5 cm³/mol. The van der Waals surface area contributed by atoms with Crippen LogP contribution in [0.3, 0.4) is 0 Å². The van der Waals surface area contributed by atoms with Crippen molar-refractivity contribution in [2.45, 2.75) is 46.5 Å². The Labute approximate surface area is 79.6 Å². The summed E-state index contributed by atoms with van der Waals surface area (Å²) < 4.78 is 0. The molecule has 0 spiro atoms. The highest BCUT2D eigenvalue weighted by Crippen LogP contribution is 2.02. The van der Waals surface area contributed by atoms with Gasteiger partial charge in [-0.15, -0.1) is 0 Å². The third-order valence-corrected chi connectivity index (χ3v) is 1.91. The second kappa shape index (κ2) is 4.90. The van der Waals surface area contributed by atoms with Gasteiger partial charge in [-0.05, 0) is 20.3 Å². The van der Waals surface area contributed by atoms with Gasteiger partial charge < -0.3 is 0 Å². The zero-order valence-corrected chi connectivity index (χ0v) is 8.67. The van der Waals surface area contributed by atoms with Crippen molar-refractivity contribution in [3.8, 4) is 0 Å². The molecule has 0 aromatic carbocycles. The van der Waals surface area contributed by atoms with Gasteiger partial charge in [0.05, 0.1) is 0 Å². The Balaban J connectivity index is 2.56. The van der Waals surface area contributed by atoms with E-state index in [0.717, 1.165) is 23.9 Å². The fourth-order valence-corrected chi connectivity index (χ4v) is 1.33. The van der Waals surface area contributed by atoms with Gasteiger partial charge in [0.25, 0.3) is 0 Å². The van der Waals surface area contributed by atoms with E-state index in [1.54, 1.807) is 0 Å². The Morgan fingerprint density at radius 1 is 0.923 bits per heavy atom. The van der Waals surface area contributed by atoms with Crippen LogP contribution in [0.15, 0.2) is 0 Å². The summed E-state index contributed by atoms with van der Waals surface area (Å²) in [5.41, 5.74) is 0. The van der Waals surface area contributed by atoms with Gasteiger partial charge in [-0.1, -0.05) is 19.8 Å². The maximum Gasteiger partial charge on any atom is 0.132 e. The lowest BCUT2D eigenvalue weighted by Gasteiger charge is -2.01. The third kappa shape index (κ3) is 3.49. The molecule has 0 atom stereocenters. The molecule has 0 N–H and O–H groups in total. The normalized spacial score (nSPS) is 10.4. The average Bonchev–Trinajstić information content (AvgIpc) is 2.03. The predicted octanol–water partition coefficient (Wildman–Crippen LogP) is 2.22. The highest BCUT2D eigenvalue weighted by Gasteiger charge is 1.99. The van der Waals surface area contributed by atoms with Crippen LogP contribution in [0.2, 0.25) is 0 Å². The Kier molecular flexibility index (Phi) is 3.80. The van der Waals surface area contributed by atoms with E-state index in [0.29, 0.717) is 0 Å². The highest BCUT2D eigenvalue weighted by molar-refractivity contribution is 4.94. The maximum atomic E-state index is 4.28. The number of hydrogen-bond donors (Lipinski definition) is 0. The van der Waals surface area contributed by atoms with Gasteiger partial charge in [0.2, 0.25) is 0 Å². The molecular weight excluding hydrogens is 162 g/mol. The molecule has 0 unspecified atom stereocenters. The first-order chi connectivity index (χ1) is 6.22. The van der Waals surface area contributed by atoms with Crippen LogP contribution in [-0.2, 0) is 6.42 Å². The first-order valence-corrected chi connectivity index (χ1v) is 4.90. The topological polar surface area (TPSA) is 38.7 Å². The van der Waals surface area contributed by atoms with Crippen LogP contribution in [0.4, 0.5) is 0 Å². The molecule has 3 heteroatoms. The van der Waals surface area contributed by atoms with E-state index in [4.69, 9.17) is 0 Å². The van der Waals surface area contributed by atoms with Gasteiger partial charge in [-0.25, -0.2) is 15.0 Å². The second-order valence-corrected chi connectivity index (χ2v) is 3.30. The summed E-state index contributed by atoms with van der Waals surface area (Å²) in [5, 5.41) is 0. The summed E-state index contributed by atoms with van der Waals surface area (Å²) in [4.78, 5) is 12.7. The fourth-order valence-electron chi connectivity index (χ4n) is 1.33. The SMILES string of the molecule is CCCCCc1nc(C)nc(C)n1. The summed E-state index contributed by atoms with van der Waals surface area (Å²) in [6.07, 6.45) is 4.66. The van der Waals surface area contributed by atoms with Crippen molar-refractivity contribution in [3.05, 3.63) is 17.5 Å². The van der Waals surface area contributed by atoms with E-state index in [1.807, 2.05) is 13.8 Å². The van der Waals surface area contributed by atoms with Crippen molar-refractivity contribution < 1.29 is 0 Å². The molecular formula is C10H17N3.